The molecule has 0 aliphatic heterocycles. The third-order valence-electron chi connectivity index (χ3n) is 3.38. The Balaban J connectivity index is 2.19. The maximum atomic E-state index is 10.8. The molecule has 108 valence electrons. The molecule has 0 saturated carbocycles. The molecule has 1 N–H and O–H groups in total. The van der Waals surface area contributed by atoms with Crippen molar-refractivity contribution in [1.29, 1.82) is 0 Å². The Bertz CT molecular complexity index is 664. The first-order chi connectivity index (χ1) is 9.86. The second-order valence-corrected chi connectivity index (χ2v) is 16.8. The molecule has 0 aromatic heterocycles. The predicted molar refractivity (Wildman–Crippen MR) is 91.8 cm³/mol. The van der Waals surface area contributed by atoms with Crippen LogP contribution in [0.2, 0.25) is 17.3 Å². The van der Waals surface area contributed by atoms with E-state index in [1.807, 2.05) is 18.2 Å². The molecule has 0 heterocycles. The van der Waals surface area contributed by atoms with Crippen molar-refractivity contribution in [1.82, 2.24) is 0 Å². The van der Waals surface area contributed by atoms with Crippen molar-refractivity contribution in [3.05, 3.63) is 65.2 Å². The zero-order valence-corrected chi connectivity index (χ0v) is 14.7. The van der Waals surface area contributed by atoms with Crippen LogP contribution in [-0.4, -0.2) is 24.3 Å². The van der Waals surface area contributed by atoms with E-state index in [9.17, 15) is 4.79 Å². The fraction of sp³-hybridized carbons (Fsp3) is 0.167. The summed E-state index contributed by atoms with van der Waals surface area (Å²) in [7, 11) is 0. The van der Waals surface area contributed by atoms with E-state index in [-0.39, 0.29) is 0 Å². The van der Waals surface area contributed by atoms with Crippen molar-refractivity contribution >= 4 is 35.8 Å². The summed E-state index contributed by atoms with van der Waals surface area (Å²) in [5, 5.41) is 8.88. The van der Waals surface area contributed by atoms with E-state index in [0.717, 1.165) is 5.56 Å². The summed E-state index contributed by atoms with van der Waals surface area (Å²) in [5.41, 5.74) is 2.51. The van der Waals surface area contributed by atoms with Gasteiger partial charge in [-0.15, -0.1) is 0 Å². The van der Waals surface area contributed by atoms with Crippen LogP contribution in [0.4, 0.5) is 0 Å². The first-order valence-electron chi connectivity index (χ1n) is 6.98. The first kappa shape index (κ1) is 15.6. The molecule has 0 aliphatic carbocycles. The molecule has 0 atom stereocenters. The molecule has 0 amide bonds. The molecular formula is C18H20GeO2. The van der Waals surface area contributed by atoms with Gasteiger partial charge in [-0.25, -0.2) is 0 Å². The van der Waals surface area contributed by atoms with E-state index in [4.69, 9.17) is 5.11 Å². The Hall–Kier alpha value is -1.81. The quantitative estimate of drug-likeness (QED) is 0.672. The first-order valence-corrected chi connectivity index (χ1v) is 14.3. The molecule has 3 heteroatoms. The van der Waals surface area contributed by atoms with Gasteiger partial charge in [-0.2, -0.15) is 0 Å². The molecule has 21 heavy (non-hydrogen) atoms. The molecule has 2 rings (SSSR count). The predicted octanol–water partition coefficient (Wildman–Crippen LogP) is 4.10. The van der Waals surface area contributed by atoms with Crippen LogP contribution in [0.1, 0.15) is 21.5 Å². The fourth-order valence-electron chi connectivity index (χ4n) is 2.04. The van der Waals surface area contributed by atoms with Gasteiger partial charge in [0.1, 0.15) is 0 Å². The van der Waals surface area contributed by atoms with Crippen molar-refractivity contribution in [3.63, 3.8) is 0 Å². The van der Waals surface area contributed by atoms with Gasteiger partial charge >= 0.3 is 128 Å². The third kappa shape index (κ3) is 4.33. The number of rotatable bonds is 4. The molecule has 2 aromatic carbocycles. The van der Waals surface area contributed by atoms with E-state index in [0.29, 0.717) is 5.56 Å². The Kier molecular flexibility index (Phi) is 4.68. The van der Waals surface area contributed by atoms with Crippen molar-refractivity contribution in [2.45, 2.75) is 17.3 Å². The number of carboxylic acids is 1. The van der Waals surface area contributed by atoms with Crippen molar-refractivity contribution in [3.8, 4) is 0 Å². The van der Waals surface area contributed by atoms with Crippen LogP contribution in [0.5, 0.6) is 0 Å². The number of aromatic carboxylic acids is 1. The Morgan fingerprint density at radius 3 is 2.14 bits per heavy atom. The fourth-order valence-corrected chi connectivity index (χ4v) is 4.55. The van der Waals surface area contributed by atoms with Crippen LogP contribution >= 0.6 is 0 Å². The van der Waals surface area contributed by atoms with Crippen LogP contribution in [-0.2, 0) is 0 Å². The minimum absolute atomic E-state index is 0.315. The summed E-state index contributed by atoms with van der Waals surface area (Å²) in [5.74, 6) is 6.25. The summed E-state index contributed by atoms with van der Waals surface area (Å²) in [6.07, 6.45) is 4.09. The molecule has 0 aliphatic rings. The molecule has 0 unspecified atom stereocenters. The van der Waals surface area contributed by atoms with E-state index in [2.05, 4.69) is 47.6 Å². The molecular weight excluding hydrogens is 321 g/mol. The van der Waals surface area contributed by atoms with Crippen molar-refractivity contribution in [2.24, 2.45) is 0 Å². The van der Waals surface area contributed by atoms with Gasteiger partial charge in [-0.05, 0) is 0 Å². The zero-order chi connectivity index (χ0) is 15.5. The molecule has 0 bridgehead atoms. The summed E-state index contributed by atoms with van der Waals surface area (Å²) >= 11 is -1.79. The summed E-state index contributed by atoms with van der Waals surface area (Å²) < 4.78 is 1.48. The van der Waals surface area contributed by atoms with E-state index in [1.165, 1.54) is 9.96 Å². The standard InChI is InChI=1S/C18H20GeO2/c1-19(2,3)17-6-4-5-15(13-17)8-7-14-9-11-16(12-10-14)18(20)21/h4-13H,1-3H3,(H,20,21). The molecule has 2 nitrogen and oxygen atoms in total. The Morgan fingerprint density at radius 2 is 1.57 bits per heavy atom. The molecule has 0 saturated heterocycles. The second-order valence-electron chi connectivity index (χ2n) is 6.14. The third-order valence-corrected chi connectivity index (χ3v) is 7.67. The van der Waals surface area contributed by atoms with Gasteiger partial charge in [0.2, 0.25) is 0 Å². The van der Waals surface area contributed by atoms with Gasteiger partial charge in [0.05, 0.1) is 0 Å². The van der Waals surface area contributed by atoms with Gasteiger partial charge < -0.3 is 0 Å². The topological polar surface area (TPSA) is 37.3 Å². The average Bonchev–Trinajstić information content (AvgIpc) is 2.45. The number of hydrogen-bond acceptors (Lipinski definition) is 1. The van der Waals surface area contributed by atoms with Gasteiger partial charge in [0, 0.05) is 0 Å². The molecule has 0 spiro atoms. The van der Waals surface area contributed by atoms with E-state index in [1.54, 1.807) is 12.1 Å². The second kappa shape index (κ2) is 6.31. The number of carboxylic acid groups (broad SMARTS) is 1. The van der Waals surface area contributed by atoms with Crippen LogP contribution in [0.25, 0.3) is 12.2 Å². The van der Waals surface area contributed by atoms with Crippen LogP contribution in [0.15, 0.2) is 48.5 Å². The number of hydrogen-bond donors (Lipinski definition) is 1. The van der Waals surface area contributed by atoms with Crippen LogP contribution in [0.3, 0.4) is 0 Å². The SMILES string of the molecule is [CH3][Ge]([CH3])([CH3])[c]1cccc(C=Cc2ccc(C(=O)O)cc2)c1. The Morgan fingerprint density at radius 1 is 0.952 bits per heavy atom. The summed E-state index contributed by atoms with van der Waals surface area (Å²) in [4.78, 5) is 10.8. The van der Waals surface area contributed by atoms with Gasteiger partial charge in [0.15, 0.2) is 0 Å². The zero-order valence-electron chi connectivity index (χ0n) is 12.6. The normalized spacial score (nSPS) is 11.8. The summed E-state index contributed by atoms with van der Waals surface area (Å²) in [6, 6.07) is 15.6. The number of carbonyl (C=O) groups is 1. The summed E-state index contributed by atoms with van der Waals surface area (Å²) in [6.45, 7) is 0. The molecule has 0 radical (unpaired) electrons. The maximum absolute atomic E-state index is 10.8. The van der Waals surface area contributed by atoms with Gasteiger partial charge in [-0.1, -0.05) is 0 Å². The monoisotopic (exact) mass is 342 g/mol. The van der Waals surface area contributed by atoms with Crippen molar-refractivity contribution < 1.29 is 9.90 Å². The minimum atomic E-state index is -1.79. The van der Waals surface area contributed by atoms with Crippen molar-refractivity contribution in [2.75, 3.05) is 0 Å². The Labute approximate surface area is 128 Å². The van der Waals surface area contributed by atoms with Gasteiger partial charge in [-0.3, -0.25) is 0 Å². The van der Waals surface area contributed by atoms with Crippen LogP contribution in [0, 0.1) is 0 Å². The van der Waals surface area contributed by atoms with Crippen LogP contribution < -0.4 is 4.40 Å². The average molecular weight is 341 g/mol. The molecule has 2 aromatic rings. The van der Waals surface area contributed by atoms with Gasteiger partial charge in [0.25, 0.3) is 0 Å². The van der Waals surface area contributed by atoms with E-state index >= 15 is 0 Å². The molecule has 0 fully saturated rings. The van der Waals surface area contributed by atoms with E-state index < -0.39 is 19.2 Å². The number of benzene rings is 2.